The predicted molar refractivity (Wildman–Crippen MR) is 206 cm³/mol. The largest absolute Gasteiger partial charge is 0.457 e. The van der Waals surface area contributed by atoms with Crippen LogP contribution in [0.25, 0.3) is 11.1 Å². The van der Waals surface area contributed by atoms with Crippen molar-refractivity contribution in [2.24, 2.45) is 23.7 Å². The van der Waals surface area contributed by atoms with Crippen LogP contribution < -0.4 is 9.64 Å². The van der Waals surface area contributed by atoms with E-state index < -0.39 is 0 Å². The van der Waals surface area contributed by atoms with E-state index in [0.717, 1.165) is 23.3 Å². The molecule has 0 saturated heterocycles. The number of hydrogen-bond donors (Lipinski definition) is 0. The molecule has 1 spiro atoms. The van der Waals surface area contributed by atoms with Gasteiger partial charge in [-0.2, -0.15) is 0 Å². The lowest BCUT2D eigenvalue weighted by molar-refractivity contribution is -0.0452. The molecule has 11 rings (SSSR count). The molecular weight excluding hydrogens is 607 g/mol. The van der Waals surface area contributed by atoms with Crippen LogP contribution >= 0.6 is 0 Å². The average Bonchev–Trinajstić information content (AvgIpc) is 3.12. The standard InChI is InChI=1S/C48H49NO/c1-46(2)22-23-47(3,4)42-29-38(18-20-40(42)46)49(37-16-14-34(15-17-37)33-10-6-5-7-11-33)39-19-21-45-43(30-39)48(41-12-8-9-13-44(41)50-45)35-25-31-24-32(27-35)28-36(48)26-31/h5-21,29-32,35-36H,22-28H2,1-4H3. The summed E-state index contributed by atoms with van der Waals surface area (Å²) in [6.07, 6.45) is 9.28. The molecule has 5 aromatic rings. The van der Waals surface area contributed by atoms with Crippen molar-refractivity contribution in [3.05, 3.63) is 138 Å². The number of benzene rings is 5. The van der Waals surface area contributed by atoms with Crippen LogP contribution in [0, 0.1) is 23.7 Å². The molecule has 0 aromatic heterocycles. The van der Waals surface area contributed by atoms with Crippen molar-refractivity contribution < 1.29 is 4.74 Å². The number of fused-ring (bicyclic) bond motifs is 3. The van der Waals surface area contributed by atoms with Gasteiger partial charge in [-0.05, 0) is 150 Å². The molecule has 5 aliphatic carbocycles. The number of ether oxygens (including phenoxy) is 1. The minimum absolute atomic E-state index is 0.0122. The molecule has 0 amide bonds. The molecule has 0 radical (unpaired) electrons. The number of para-hydroxylation sites is 1. The molecule has 50 heavy (non-hydrogen) atoms. The monoisotopic (exact) mass is 655 g/mol. The number of rotatable bonds is 4. The van der Waals surface area contributed by atoms with Crippen molar-refractivity contribution in [3.8, 4) is 22.6 Å². The molecule has 4 bridgehead atoms. The summed E-state index contributed by atoms with van der Waals surface area (Å²) in [5.41, 5.74) is 12.3. The minimum Gasteiger partial charge on any atom is -0.457 e. The van der Waals surface area contributed by atoms with E-state index in [9.17, 15) is 0 Å². The second-order valence-corrected chi connectivity index (χ2v) is 17.7. The molecule has 252 valence electrons. The fourth-order valence-electron chi connectivity index (χ4n) is 11.6. The molecule has 5 aromatic carbocycles. The zero-order valence-corrected chi connectivity index (χ0v) is 30.1. The fourth-order valence-corrected chi connectivity index (χ4v) is 11.6. The van der Waals surface area contributed by atoms with E-state index >= 15 is 0 Å². The molecule has 0 unspecified atom stereocenters. The van der Waals surface area contributed by atoms with Gasteiger partial charge in [-0.3, -0.25) is 0 Å². The van der Waals surface area contributed by atoms with Crippen molar-refractivity contribution in [2.45, 2.75) is 88.9 Å². The lowest BCUT2D eigenvalue weighted by atomic mass is 9.42. The normalized spacial score (nSPS) is 27.6. The molecule has 0 atom stereocenters. The summed E-state index contributed by atoms with van der Waals surface area (Å²) in [7, 11) is 0. The predicted octanol–water partition coefficient (Wildman–Crippen LogP) is 13.0. The Hall–Kier alpha value is -4.30. The maximum absolute atomic E-state index is 6.83. The van der Waals surface area contributed by atoms with Gasteiger partial charge < -0.3 is 9.64 Å². The summed E-state index contributed by atoms with van der Waals surface area (Å²) in [6.45, 7) is 9.72. The third kappa shape index (κ3) is 4.46. The molecule has 1 aliphatic heterocycles. The summed E-state index contributed by atoms with van der Waals surface area (Å²) < 4.78 is 6.83. The van der Waals surface area contributed by atoms with Gasteiger partial charge in [-0.15, -0.1) is 0 Å². The minimum atomic E-state index is 0.0122. The van der Waals surface area contributed by atoms with E-state index in [0.29, 0.717) is 11.8 Å². The van der Waals surface area contributed by atoms with E-state index in [1.54, 1.807) is 0 Å². The zero-order chi connectivity index (χ0) is 33.8. The first-order valence-electron chi connectivity index (χ1n) is 19.2. The lowest BCUT2D eigenvalue weighted by Crippen LogP contribution is -2.57. The van der Waals surface area contributed by atoms with Crippen LogP contribution in [0.15, 0.2) is 115 Å². The van der Waals surface area contributed by atoms with Crippen molar-refractivity contribution in [3.63, 3.8) is 0 Å². The van der Waals surface area contributed by atoms with E-state index in [-0.39, 0.29) is 16.2 Å². The third-order valence-electron chi connectivity index (χ3n) is 14.0. The topological polar surface area (TPSA) is 12.5 Å². The second-order valence-electron chi connectivity index (χ2n) is 17.7. The van der Waals surface area contributed by atoms with Gasteiger partial charge in [0.1, 0.15) is 11.5 Å². The van der Waals surface area contributed by atoms with Crippen LogP contribution in [0.3, 0.4) is 0 Å². The second kappa shape index (κ2) is 10.8. The van der Waals surface area contributed by atoms with E-state index in [1.165, 1.54) is 95.4 Å². The highest BCUT2D eigenvalue weighted by atomic mass is 16.5. The molecular formula is C48H49NO. The highest BCUT2D eigenvalue weighted by molar-refractivity contribution is 5.81. The summed E-state index contributed by atoms with van der Waals surface area (Å²) in [6, 6.07) is 43.5. The Labute approximate surface area is 298 Å². The van der Waals surface area contributed by atoms with Crippen molar-refractivity contribution in [1.82, 2.24) is 0 Å². The quantitative estimate of drug-likeness (QED) is 0.191. The Morgan fingerprint density at radius 1 is 0.480 bits per heavy atom. The van der Waals surface area contributed by atoms with Crippen LogP contribution in [0.2, 0.25) is 0 Å². The lowest BCUT2D eigenvalue weighted by Gasteiger charge is -2.63. The smallest absolute Gasteiger partial charge is 0.131 e. The molecule has 2 heteroatoms. The van der Waals surface area contributed by atoms with E-state index in [2.05, 4.69) is 148 Å². The first-order chi connectivity index (χ1) is 24.2. The van der Waals surface area contributed by atoms with Crippen molar-refractivity contribution in [1.29, 1.82) is 0 Å². The Morgan fingerprint density at radius 3 is 1.72 bits per heavy atom. The van der Waals surface area contributed by atoms with Crippen molar-refractivity contribution in [2.75, 3.05) is 4.90 Å². The van der Waals surface area contributed by atoms with Crippen molar-refractivity contribution >= 4 is 17.1 Å². The van der Waals surface area contributed by atoms with Crippen LogP contribution in [0.1, 0.15) is 94.9 Å². The van der Waals surface area contributed by atoms with Gasteiger partial charge >= 0.3 is 0 Å². The van der Waals surface area contributed by atoms with Gasteiger partial charge in [-0.25, -0.2) is 0 Å². The molecule has 0 N–H and O–H groups in total. The Bertz CT molecular complexity index is 2080. The van der Waals surface area contributed by atoms with E-state index in [4.69, 9.17) is 4.74 Å². The first-order valence-corrected chi connectivity index (χ1v) is 19.2. The highest BCUT2D eigenvalue weighted by Crippen LogP contribution is 2.69. The number of nitrogens with zero attached hydrogens (tertiary/aromatic N) is 1. The SMILES string of the molecule is CC1(C)CCC(C)(C)c2cc(N(c3ccc(-c4ccccc4)cc3)c3ccc4c(c3)C3(c5ccccc5O4)C4CC5CC(C4)CC3C5)ccc21. The Morgan fingerprint density at radius 2 is 1.02 bits per heavy atom. The van der Waals surface area contributed by atoms with Gasteiger partial charge in [-0.1, -0.05) is 94.4 Å². The summed E-state index contributed by atoms with van der Waals surface area (Å²) in [5.74, 6) is 5.27. The van der Waals surface area contributed by atoms with Crippen LogP contribution in [0.4, 0.5) is 17.1 Å². The van der Waals surface area contributed by atoms with Gasteiger partial charge in [0, 0.05) is 33.6 Å². The Kier molecular flexibility index (Phi) is 6.62. The maximum atomic E-state index is 6.83. The molecule has 4 fully saturated rings. The first kappa shape index (κ1) is 30.5. The third-order valence-corrected chi connectivity index (χ3v) is 14.0. The zero-order valence-electron chi connectivity index (χ0n) is 30.1. The van der Waals surface area contributed by atoms with E-state index in [1.807, 2.05) is 0 Å². The summed E-state index contributed by atoms with van der Waals surface area (Å²) in [4.78, 5) is 2.53. The Balaban J connectivity index is 1.17. The number of hydrogen-bond acceptors (Lipinski definition) is 2. The molecule has 6 aliphatic rings. The molecule has 2 nitrogen and oxygen atoms in total. The molecule has 1 heterocycles. The highest BCUT2D eigenvalue weighted by Gasteiger charge is 2.61. The maximum Gasteiger partial charge on any atom is 0.131 e. The molecule has 4 saturated carbocycles. The average molecular weight is 656 g/mol. The summed E-state index contributed by atoms with van der Waals surface area (Å²) in [5, 5.41) is 0. The number of anilines is 3. The van der Waals surface area contributed by atoms with Gasteiger partial charge in [0.15, 0.2) is 0 Å². The summed E-state index contributed by atoms with van der Waals surface area (Å²) >= 11 is 0. The van der Waals surface area contributed by atoms with Crippen LogP contribution in [-0.4, -0.2) is 0 Å². The fraction of sp³-hybridized carbons (Fsp3) is 0.375. The van der Waals surface area contributed by atoms with Crippen LogP contribution in [0.5, 0.6) is 11.5 Å². The van der Waals surface area contributed by atoms with Gasteiger partial charge in [0.2, 0.25) is 0 Å². The van der Waals surface area contributed by atoms with Gasteiger partial charge in [0.05, 0.1) is 0 Å². The van der Waals surface area contributed by atoms with Crippen LogP contribution in [-0.2, 0) is 16.2 Å². The van der Waals surface area contributed by atoms with Gasteiger partial charge in [0.25, 0.3) is 0 Å².